The molecule has 0 aliphatic carbocycles. The maximum atomic E-state index is 0. The Morgan fingerprint density at radius 2 is 0.750 bits per heavy atom. The third kappa shape index (κ3) is 13.1. The van der Waals surface area contributed by atoms with Gasteiger partial charge in [-0.3, -0.25) is 0 Å². The molecule has 4 heavy (non-hydrogen) atoms. The van der Waals surface area contributed by atoms with Crippen LogP contribution in [0.15, 0.2) is 0 Å². The molecule has 0 fully saturated rings. The molecule has 0 saturated heterocycles. The molecule has 1 nitrogen and oxygen atoms in total. The molecule has 0 aliphatic rings. The first-order valence-electron chi connectivity index (χ1n) is 0. The fourth-order valence-corrected chi connectivity index (χ4v) is 0. The van der Waals surface area contributed by atoms with E-state index in [1.54, 1.807) is 0 Å². The van der Waals surface area contributed by atoms with E-state index in [0.717, 1.165) is 0 Å². The molecule has 0 unspecified atom stereocenters. The average Bonchev–Trinajstić information content (AvgIpc) is 0. The quantitative estimate of drug-likeness (QED) is 0.585. The second-order valence-corrected chi connectivity index (χ2v) is 0. The smallest absolute Gasteiger partial charge is 0.870 e. The van der Waals surface area contributed by atoms with Crippen molar-refractivity contribution in [1.29, 1.82) is 0 Å². The largest absolute Gasteiger partial charge is 1.00 e. The zero-order chi connectivity index (χ0) is 0. The van der Waals surface area contributed by atoms with Crippen LogP contribution in [0.2, 0.25) is 0 Å². The van der Waals surface area contributed by atoms with E-state index in [-0.39, 0.29) is 47.6 Å². The van der Waals surface area contributed by atoms with E-state index in [2.05, 4.69) is 0 Å². The summed E-state index contributed by atoms with van der Waals surface area (Å²) in [6.45, 7) is 0. The van der Waals surface area contributed by atoms with Crippen molar-refractivity contribution >= 4 is 27.3 Å². The molecule has 2 heteroatoms. The van der Waals surface area contributed by atoms with Crippen molar-refractivity contribution in [2.75, 3.05) is 0 Å². The summed E-state index contributed by atoms with van der Waals surface area (Å²) in [4.78, 5) is 0. The Balaban J connectivity index is 0. The summed E-state index contributed by atoms with van der Waals surface area (Å²) in [6, 6.07) is 0. The SMILES string of the molecule is C.C.[OH-].[Tl+]. The number of hydrogen-bond acceptors (Lipinski definition) is 1. The van der Waals surface area contributed by atoms with Gasteiger partial charge in [0.2, 0.25) is 0 Å². The van der Waals surface area contributed by atoms with Crippen molar-refractivity contribution in [3.63, 3.8) is 0 Å². The summed E-state index contributed by atoms with van der Waals surface area (Å²) < 4.78 is 0. The van der Waals surface area contributed by atoms with Gasteiger partial charge in [0.25, 0.3) is 0 Å². The Morgan fingerprint density at radius 3 is 0.750 bits per heavy atom. The van der Waals surface area contributed by atoms with Crippen LogP contribution in [0.5, 0.6) is 0 Å². The molecule has 0 spiro atoms. The minimum atomic E-state index is 0. The third-order valence-corrected chi connectivity index (χ3v) is 0. The molecule has 0 aliphatic heterocycles. The first-order valence-corrected chi connectivity index (χ1v) is 0. The van der Waals surface area contributed by atoms with E-state index < -0.39 is 0 Å². The Hall–Kier alpha value is 0.882. The van der Waals surface area contributed by atoms with Gasteiger partial charge in [0.05, 0.1) is 0 Å². The average molecular weight is 253 g/mol. The molecule has 26 valence electrons. The summed E-state index contributed by atoms with van der Waals surface area (Å²) in [6.07, 6.45) is 0. The molecule has 0 heterocycles. The first kappa shape index (κ1) is 94.6. The summed E-state index contributed by atoms with van der Waals surface area (Å²) in [5.74, 6) is 0. The van der Waals surface area contributed by atoms with E-state index >= 15 is 0 Å². The minimum absolute atomic E-state index is 0. The van der Waals surface area contributed by atoms with E-state index in [4.69, 9.17) is 0 Å². The molecule has 0 rings (SSSR count). The Kier molecular flexibility index (Phi) is 980. The minimum Gasteiger partial charge on any atom is -0.870 e. The van der Waals surface area contributed by atoms with E-state index in [1.807, 2.05) is 0 Å². The molecule has 0 aromatic carbocycles. The maximum Gasteiger partial charge on any atom is 1.00 e. The van der Waals surface area contributed by atoms with Crippen LogP contribution in [0, 0.1) is 0 Å². The third-order valence-electron chi connectivity index (χ3n) is 0. The summed E-state index contributed by atoms with van der Waals surface area (Å²) in [7, 11) is 0. The van der Waals surface area contributed by atoms with Crippen molar-refractivity contribution in [2.45, 2.75) is 14.9 Å². The van der Waals surface area contributed by atoms with Gasteiger partial charge in [0, 0.05) is 0 Å². The monoisotopic (exact) mass is 254 g/mol. The van der Waals surface area contributed by atoms with Crippen LogP contribution >= 0.6 is 0 Å². The zero-order valence-corrected chi connectivity index (χ0v) is 5.51. The van der Waals surface area contributed by atoms with Crippen LogP contribution in [-0.4, -0.2) is 32.8 Å². The number of rotatable bonds is 0. The number of hydrogen-bond donors (Lipinski definition) is 0. The van der Waals surface area contributed by atoms with Crippen LogP contribution in [0.3, 0.4) is 0 Å². The van der Waals surface area contributed by atoms with Gasteiger partial charge in [-0.1, -0.05) is 14.9 Å². The van der Waals surface area contributed by atoms with Crippen molar-refractivity contribution in [1.82, 2.24) is 0 Å². The second-order valence-electron chi connectivity index (χ2n) is 0. The van der Waals surface area contributed by atoms with Crippen LogP contribution in [0.1, 0.15) is 14.9 Å². The predicted octanol–water partition coefficient (Wildman–Crippen LogP) is 0.715. The van der Waals surface area contributed by atoms with E-state index in [1.165, 1.54) is 0 Å². The molecule has 0 radical (unpaired) electrons. The molecule has 1 N–H and O–H groups in total. The van der Waals surface area contributed by atoms with Crippen LogP contribution in [0.4, 0.5) is 0 Å². The molecule has 0 aromatic heterocycles. The van der Waals surface area contributed by atoms with Gasteiger partial charge in [-0.2, -0.15) is 0 Å². The second kappa shape index (κ2) is 41.4. The van der Waals surface area contributed by atoms with Crippen molar-refractivity contribution in [2.24, 2.45) is 0 Å². The Bertz CT molecular complexity index is 6.00. The van der Waals surface area contributed by atoms with Crippen LogP contribution in [-0.2, 0) is 0 Å². The standard InChI is InChI=1S/2CH4.H2O.Tl/h2*1H4;1H2;/q;;;+1/p-1. The van der Waals surface area contributed by atoms with Crippen molar-refractivity contribution in [3.8, 4) is 0 Å². The van der Waals surface area contributed by atoms with Gasteiger partial charge in [-0.25, -0.2) is 0 Å². The Labute approximate surface area is 47.9 Å². The Morgan fingerprint density at radius 1 is 0.750 bits per heavy atom. The fourth-order valence-electron chi connectivity index (χ4n) is 0. The maximum absolute atomic E-state index is 0. The van der Waals surface area contributed by atoms with Gasteiger partial charge in [0.15, 0.2) is 0 Å². The predicted molar refractivity (Wildman–Crippen MR) is 21.2 cm³/mol. The molecule has 0 aromatic rings. The topological polar surface area (TPSA) is 30.0 Å². The van der Waals surface area contributed by atoms with Gasteiger partial charge in [-0.15, -0.1) is 0 Å². The zero-order valence-electron chi connectivity index (χ0n) is 1.02. The molecule has 0 saturated carbocycles. The molecule has 0 amide bonds. The molecule has 0 atom stereocenters. The molecular weight excluding hydrogens is 244 g/mol. The fraction of sp³-hybridized carbons (Fsp3) is 1.00. The molecular formula is C2H9OTl. The van der Waals surface area contributed by atoms with Crippen molar-refractivity contribution in [3.05, 3.63) is 0 Å². The summed E-state index contributed by atoms with van der Waals surface area (Å²) >= 11 is 0. The normalized spacial score (nSPS) is 0. The van der Waals surface area contributed by atoms with Gasteiger partial charge in [0.1, 0.15) is 0 Å². The summed E-state index contributed by atoms with van der Waals surface area (Å²) in [5, 5.41) is 0. The van der Waals surface area contributed by atoms with E-state index in [9.17, 15) is 0 Å². The van der Waals surface area contributed by atoms with Gasteiger partial charge < -0.3 is 5.48 Å². The molecule has 0 bridgehead atoms. The van der Waals surface area contributed by atoms with Gasteiger partial charge in [-0.05, 0) is 0 Å². The summed E-state index contributed by atoms with van der Waals surface area (Å²) in [5.41, 5.74) is 0. The van der Waals surface area contributed by atoms with E-state index in [0.29, 0.717) is 0 Å². The first-order chi connectivity index (χ1) is 0. The van der Waals surface area contributed by atoms with Crippen molar-refractivity contribution < 1.29 is 5.48 Å². The van der Waals surface area contributed by atoms with Crippen LogP contribution in [0.25, 0.3) is 0 Å². The van der Waals surface area contributed by atoms with Gasteiger partial charge >= 0.3 is 27.3 Å². The van der Waals surface area contributed by atoms with Crippen LogP contribution < -0.4 is 0 Å².